The second-order valence-corrected chi connectivity index (χ2v) is 11.2. The summed E-state index contributed by atoms with van der Waals surface area (Å²) in [7, 11) is 4.23. The maximum atomic E-state index is 13.3. The highest BCUT2D eigenvalue weighted by atomic mass is 35.5. The Morgan fingerprint density at radius 1 is 0.615 bits per heavy atom. The van der Waals surface area contributed by atoms with Gasteiger partial charge < -0.3 is 34.1 Å². The molecule has 270 valence electrons. The third-order valence-electron chi connectivity index (χ3n) is 7.06. The molecule has 2 atom stereocenters. The molecule has 52 heavy (non-hydrogen) atoms. The zero-order valence-electron chi connectivity index (χ0n) is 27.4. The van der Waals surface area contributed by atoms with Gasteiger partial charge in [0, 0.05) is 16.8 Å². The highest BCUT2D eigenvalue weighted by Gasteiger charge is 2.41. The largest absolute Gasteiger partial charge is 0.493 e. The van der Waals surface area contributed by atoms with E-state index in [4.69, 9.17) is 46.9 Å². The lowest BCUT2D eigenvalue weighted by molar-refractivity contribution is -0.159. The second-order valence-electron chi connectivity index (χ2n) is 10.3. The number of anilines is 1. The van der Waals surface area contributed by atoms with Gasteiger partial charge in [-0.2, -0.15) is 0 Å². The number of hydrazine groups is 1. The van der Waals surface area contributed by atoms with Gasteiger partial charge in [-0.25, -0.2) is 14.4 Å². The summed E-state index contributed by atoms with van der Waals surface area (Å²) >= 11 is 12.1. The Bertz CT molecular complexity index is 1980. The quantitative estimate of drug-likeness (QED) is 0.110. The van der Waals surface area contributed by atoms with E-state index < -0.39 is 47.8 Å². The minimum atomic E-state index is -2.42. The van der Waals surface area contributed by atoms with E-state index in [0.717, 1.165) is 0 Å². The van der Waals surface area contributed by atoms with Crippen LogP contribution in [0.4, 0.5) is 5.69 Å². The Morgan fingerprint density at radius 2 is 1.12 bits per heavy atom. The van der Waals surface area contributed by atoms with Gasteiger partial charge in [0.1, 0.15) is 0 Å². The summed E-state index contributed by atoms with van der Waals surface area (Å²) in [5.41, 5.74) is 4.04. The number of carboxylic acids is 1. The van der Waals surface area contributed by atoms with Gasteiger partial charge in [0.15, 0.2) is 11.5 Å². The summed E-state index contributed by atoms with van der Waals surface area (Å²) in [5.74, 6) is -6.36. The van der Waals surface area contributed by atoms with Gasteiger partial charge in [-0.05, 0) is 60.7 Å². The summed E-state index contributed by atoms with van der Waals surface area (Å²) in [6, 6.07) is 19.4. The first-order valence-electron chi connectivity index (χ1n) is 14.8. The van der Waals surface area contributed by atoms with Crippen molar-refractivity contribution in [3.63, 3.8) is 0 Å². The predicted molar refractivity (Wildman–Crippen MR) is 185 cm³/mol. The van der Waals surface area contributed by atoms with Crippen molar-refractivity contribution in [1.82, 2.24) is 10.9 Å². The molecule has 0 aromatic heterocycles. The van der Waals surface area contributed by atoms with Crippen molar-refractivity contribution in [2.45, 2.75) is 12.2 Å². The number of carbonyl (C=O) groups excluding carboxylic acids is 5. The van der Waals surface area contributed by atoms with Crippen molar-refractivity contribution in [2.24, 2.45) is 0 Å². The van der Waals surface area contributed by atoms with Crippen molar-refractivity contribution in [1.29, 1.82) is 0 Å². The van der Waals surface area contributed by atoms with Gasteiger partial charge >= 0.3 is 17.9 Å². The van der Waals surface area contributed by atoms with E-state index in [-0.39, 0.29) is 49.5 Å². The monoisotopic (exact) mass is 753 g/mol. The molecule has 0 aliphatic carbocycles. The molecule has 0 saturated carbocycles. The molecule has 4 rings (SSSR count). The average Bonchev–Trinajstić information content (AvgIpc) is 3.14. The molecule has 0 saturated heterocycles. The van der Waals surface area contributed by atoms with Crippen LogP contribution in [0.3, 0.4) is 0 Å². The third-order valence-corrected chi connectivity index (χ3v) is 7.72. The number of aliphatic carboxylic acids is 1. The molecule has 0 unspecified atom stereocenters. The lowest BCUT2D eigenvalue weighted by Crippen LogP contribution is -2.54. The number of carbonyl (C=O) groups is 6. The van der Waals surface area contributed by atoms with Crippen LogP contribution in [-0.2, 0) is 19.1 Å². The summed E-state index contributed by atoms with van der Waals surface area (Å²) in [4.78, 5) is 77.3. The minimum absolute atomic E-state index is 0.0179. The Hall–Kier alpha value is -6.32. The van der Waals surface area contributed by atoms with Crippen LogP contribution in [0.5, 0.6) is 17.2 Å². The SMILES string of the molecule is COc1cc(C(=O)Nc2ccc(C(=O)NNC(=O)[C@@H](OC(=O)c3ccccc3Cl)[C@H](OC(=O)c3ccccc3Cl)C(=O)O)cc2)cc(OC)c1OC. The van der Waals surface area contributed by atoms with Crippen molar-refractivity contribution < 1.29 is 57.6 Å². The second kappa shape index (κ2) is 17.6. The summed E-state index contributed by atoms with van der Waals surface area (Å²) in [5, 5.41) is 12.4. The number of hydrogen-bond acceptors (Lipinski definition) is 11. The summed E-state index contributed by atoms with van der Waals surface area (Å²) < 4.78 is 26.1. The zero-order valence-corrected chi connectivity index (χ0v) is 28.9. The number of benzene rings is 4. The lowest BCUT2D eigenvalue weighted by Gasteiger charge is -2.24. The molecule has 4 aromatic carbocycles. The van der Waals surface area contributed by atoms with Gasteiger partial charge in [0.2, 0.25) is 18.0 Å². The molecule has 0 spiro atoms. The van der Waals surface area contributed by atoms with E-state index >= 15 is 0 Å². The van der Waals surface area contributed by atoms with Crippen molar-refractivity contribution in [3.8, 4) is 17.2 Å². The number of halogens is 2. The van der Waals surface area contributed by atoms with E-state index in [1.54, 1.807) is 0 Å². The molecule has 3 amide bonds. The van der Waals surface area contributed by atoms with Crippen LogP contribution in [0, 0.1) is 0 Å². The summed E-state index contributed by atoms with van der Waals surface area (Å²) in [6.45, 7) is 0. The van der Waals surface area contributed by atoms with Crippen LogP contribution in [-0.4, -0.2) is 74.3 Å². The highest BCUT2D eigenvalue weighted by Crippen LogP contribution is 2.38. The van der Waals surface area contributed by atoms with E-state index in [0.29, 0.717) is 5.75 Å². The number of nitrogens with one attached hydrogen (secondary N) is 3. The molecular weight excluding hydrogens is 725 g/mol. The van der Waals surface area contributed by atoms with Gasteiger partial charge in [-0.1, -0.05) is 47.5 Å². The fraction of sp³-hybridized carbons (Fsp3) is 0.143. The van der Waals surface area contributed by atoms with Crippen LogP contribution in [0.25, 0.3) is 0 Å². The maximum absolute atomic E-state index is 13.3. The van der Waals surface area contributed by atoms with Crippen molar-refractivity contribution in [2.75, 3.05) is 26.6 Å². The fourth-order valence-corrected chi connectivity index (χ4v) is 4.91. The molecule has 17 heteroatoms. The average molecular weight is 755 g/mol. The Kier molecular flexibility index (Phi) is 13.0. The molecular formula is C35H29Cl2N3O12. The predicted octanol–water partition coefficient (Wildman–Crippen LogP) is 4.57. The van der Waals surface area contributed by atoms with Gasteiger partial charge in [0.25, 0.3) is 17.7 Å². The minimum Gasteiger partial charge on any atom is -0.493 e. The number of ether oxygens (including phenoxy) is 5. The number of rotatable bonds is 13. The fourth-order valence-electron chi connectivity index (χ4n) is 4.49. The molecule has 15 nitrogen and oxygen atoms in total. The Labute approximate surface area is 305 Å². The first kappa shape index (κ1) is 38.5. The Morgan fingerprint density at radius 3 is 1.58 bits per heavy atom. The highest BCUT2D eigenvalue weighted by molar-refractivity contribution is 6.34. The number of methoxy groups -OCH3 is 3. The molecule has 4 aromatic rings. The normalized spacial score (nSPS) is 11.6. The molecule has 0 heterocycles. The van der Waals surface area contributed by atoms with E-state index in [9.17, 15) is 33.9 Å². The topological polar surface area (TPSA) is 205 Å². The first-order chi connectivity index (χ1) is 24.9. The smallest absolute Gasteiger partial charge is 0.349 e. The van der Waals surface area contributed by atoms with Crippen LogP contribution < -0.4 is 30.4 Å². The van der Waals surface area contributed by atoms with Gasteiger partial charge in [-0.3, -0.25) is 25.2 Å². The maximum Gasteiger partial charge on any atom is 0.349 e. The van der Waals surface area contributed by atoms with Crippen LogP contribution in [0.1, 0.15) is 41.4 Å². The van der Waals surface area contributed by atoms with Gasteiger partial charge in [0.05, 0.1) is 42.5 Å². The van der Waals surface area contributed by atoms with Crippen LogP contribution >= 0.6 is 23.2 Å². The first-order valence-corrected chi connectivity index (χ1v) is 15.6. The van der Waals surface area contributed by atoms with Crippen LogP contribution in [0.2, 0.25) is 10.0 Å². The summed E-state index contributed by atoms with van der Waals surface area (Å²) in [6.07, 6.45) is -4.76. The van der Waals surface area contributed by atoms with Crippen molar-refractivity contribution in [3.05, 3.63) is 117 Å². The standard InChI is InChI=1S/C35H29Cl2N3O12/c1-48-25-16-19(17-26(49-2)27(25)50-3)30(41)38-20-14-12-18(13-15-20)31(42)39-40-32(43)28(51-34(46)21-8-4-6-10-23(21)36)29(33(44)45)52-35(47)22-9-5-7-11-24(22)37/h4-17,28-29H,1-3H3,(H,38,41)(H,39,42)(H,40,43)(H,44,45)/t28-,29-/m0/s1. The third kappa shape index (κ3) is 9.26. The zero-order chi connectivity index (χ0) is 37.9. The van der Waals surface area contributed by atoms with Crippen molar-refractivity contribution >= 4 is 64.5 Å². The molecule has 0 fully saturated rings. The van der Waals surface area contributed by atoms with Gasteiger partial charge in [-0.15, -0.1) is 0 Å². The molecule has 0 aliphatic heterocycles. The molecule has 0 radical (unpaired) electrons. The lowest BCUT2D eigenvalue weighted by atomic mass is 10.1. The molecule has 0 bridgehead atoms. The van der Waals surface area contributed by atoms with E-state index in [2.05, 4.69) is 10.7 Å². The number of amides is 3. The molecule has 4 N–H and O–H groups in total. The number of carboxylic acid groups (broad SMARTS) is 1. The number of hydrogen-bond donors (Lipinski definition) is 4. The van der Waals surface area contributed by atoms with E-state index in [1.165, 1.54) is 106 Å². The van der Waals surface area contributed by atoms with E-state index in [1.807, 2.05) is 5.43 Å². The number of esters is 2. The van der Waals surface area contributed by atoms with Crippen LogP contribution in [0.15, 0.2) is 84.9 Å². The Balaban J connectivity index is 1.49. The molecule has 0 aliphatic rings.